The van der Waals surface area contributed by atoms with Crippen molar-refractivity contribution in [3.05, 3.63) is 94.0 Å². The zero-order chi connectivity index (χ0) is 19.4. The van der Waals surface area contributed by atoms with Gasteiger partial charge in [0.2, 0.25) is 0 Å². The van der Waals surface area contributed by atoms with Crippen LogP contribution in [0, 0.1) is 10.1 Å². The average molecular weight is 362 g/mol. The predicted molar refractivity (Wildman–Crippen MR) is 99.9 cm³/mol. The molecule has 0 bridgehead atoms. The summed E-state index contributed by atoms with van der Waals surface area (Å²) in [7, 11) is 0. The molecule has 1 amide bonds. The summed E-state index contributed by atoms with van der Waals surface area (Å²) in [5.41, 5.74) is 2.75. The molecule has 2 N–H and O–H groups in total. The Balaban J connectivity index is 1.70. The summed E-state index contributed by atoms with van der Waals surface area (Å²) >= 11 is 0. The number of carbonyl (C=O) groups is 2. The molecule has 3 aromatic carbocycles. The van der Waals surface area contributed by atoms with Gasteiger partial charge in [0.1, 0.15) is 0 Å². The molecule has 0 radical (unpaired) electrons. The number of hydrogen-bond acceptors (Lipinski definition) is 4. The maximum Gasteiger partial charge on any atom is 0.335 e. The molecule has 0 aromatic heterocycles. The highest BCUT2D eigenvalue weighted by molar-refractivity contribution is 6.04. The van der Waals surface area contributed by atoms with Crippen LogP contribution in [0.3, 0.4) is 0 Å². The normalized spacial score (nSPS) is 10.2. The minimum Gasteiger partial charge on any atom is -0.478 e. The fraction of sp³-hybridized carbons (Fsp3) is 0. The largest absolute Gasteiger partial charge is 0.478 e. The van der Waals surface area contributed by atoms with Gasteiger partial charge >= 0.3 is 5.97 Å². The van der Waals surface area contributed by atoms with Crippen LogP contribution in [0.5, 0.6) is 0 Å². The van der Waals surface area contributed by atoms with Gasteiger partial charge < -0.3 is 10.4 Å². The monoisotopic (exact) mass is 362 g/mol. The topological polar surface area (TPSA) is 110 Å². The van der Waals surface area contributed by atoms with Crippen molar-refractivity contribution in [1.29, 1.82) is 0 Å². The lowest BCUT2D eigenvalue weighted by Crippen LogP contribution is -2.11. The third kappa shape index (κ3) is 4.16. The van der Waals surface area contributed by atoms with Crippen molar-refractivity contribution in [2.45, 2.75) is 0 Å². The molecule has 0 aliphatic carbocycles. The van der Waals surface area contributed by atoms with Crippen molar-refractivity contribution in [3.8, 4) is 11.1 Å². The Morgan fingerprint density at radius 2 is 1.26 bits per heavy atom. The van der Waals surface area contributed by atoms with E-state index in [-0.39, 0.29) is 17.2 Å². The molecule has 3 rings (SSSR count). The first-order valence-corrected chi connectivity index (χ1v) is 7.93. The zero-order valence-corrected chi connectivity index (χ0v) is 14.0. The van der Waals surface area contributed by atoms with E-state index in [0.717, 1.165) is 11.1 Å². The highest BCUT2D eigenvalue weighted by atomic mass is 16.6. The van der Waals surface area contributed by atoms with E-state index >= 15 is 0 Å². The third-order valence-corrected chi connectivity index (χ3v) is 3.95. The van der Waals surface area contributed by atoms with Gasteiger partial charge in [0, 0.05) is 23.4 Å². The lowest BCUT2D eigenvalue weighted by molar-refractivity contribution is -0.384. The molecule has 0 fully saturated rings. The van der Waals surface area contributed by atoms with Crippen LogP contribution in [0.1, 0.15) is 20.7 Å². The van der Waals surface area contributed by atoms with Crippen molar-refractivity contribution in [1.82, 2.24) is 0 Å². The van der Waals surface area contributed by atoms with Crippen LogP contribution in [0.15, 0.2) is 72.8 Å². The first kappa shape index (κ1) is 17.8. The van der Waals surface area contributed by atoms with E-state index in [2.05, 4.69) is 5.32 Å². The number of non-ortho nitro benzene ring substituents is 1. The second-order valence-corrected chi connectivity index (χ2v) is 5.72. The van der Waals surface area contributed by atoms with E-state index in [1.165, 1.54) is 36.4 Å². The van der Waals surface area contributed by atoms with Crippen LogP contribution >= 0.6 is 0 Å². The van der Waals surface area contributed by atoms with Crippen LogP contribution in [0.4, 0.5) is 11.4 Å². The number of nitro groups is 1. The Bertz CT molecular complexity index is 994. The molecule has 0 unspecified atom stereocenters. The Morgan fingerprint density at radius 3 is 1.74 bits per heavy atom. The van der Waals surface area contributed by atoms with Crippen molar-refractivity contribution in [3.63, 3.8) is 0 Å². The van der Waals surface area contributed by atoms with Gasteiger partial charge in [-0.15, -0.1) is 0 Å². The first-order chi connectivity index (χ1) is 12.9. The van der Waals surface area contributed by atoms with Crippen LogP contribution in [-0.4, -0.2) is 21.9 Å². The lowest BCUT2D eigenvalue weighted by Gasteiger charge is -2.07. The number of rotatable bonds is 5. The van der Waals surface area contributed by atoms with Gasteiger partial charge in [-0.2, -0.15) is 0 Å². The zero-order valence-electron chi connectivity index (χ0n) is 14.0. The number of hydrogen-bond donors (Lipinski definition) is 2. The molecule has 0 atom stereocenters. The number of carbonyl (C=O) groups excluding carboxylic acids is 1. The summed E-state index contributed by atoms with van der Waals surface area (Å²) in [6, 6.07) is 18.9. The van der Waals surface area contributed by atoms with E-state index in [1.807, 2.05) is 0 Å². The molecular weight excluding hydrogens is 348 g/mol. The highest BCUT2D eigenvalue weighted by Gasteiger charge is 2.10. The van der Waals surface area contributed by atoms with Crippen molar-refractivity contribution in [2.24, 2.45) is 0 Å². The molecule has 0 aliphatic rings. The first-order valence-electron chi connectivity index (χ1n) is 7.93. The number of amides is 1. The Hall–Kier alpha value is -4.00. The van der Waals surface area contributed by atoms with Gasteiger partial charge in [0.25, 0.3) is 11.6 Å². The van der Waals surface area contributed by atoms with Gasteiger partial charge in [-0.05, 0) is 47.5 Å². The molecule has 0 spiro atoms. The summed E-state index contributed by atoms with van der Waals surface area (Å²) in [5, 5.41) is 22.3. The Morgan fingerprint density at radius 1 is 0.778 bits per heavy atom. The molecule has 0 heterocycles. The van der Waals surface area contributed by atoms with Gasteiger partial charge in [0.15, 0.2) is 0 Å². The smallest absolute Gasteiger partial charge is 0.335 e. The van der Waals surface area contributed by atoms with E-state index in [4.69, 9.17) is 5.11 Å². The standard InChI is InChI=1S/C20H14N2O5/c23-19(15-7-11-18(12-8-15)22(26)27)21-17-9-5-14(6-10-17)13-1-3-16(4-2-13)20(24)25/h1-12H,(H,21,23)(H,24,25). The molecule has 27 heavy (non-hydrogen) atoms. The van der Waals surface area contributed by atoms with Gasteiger partial charge in [-0.1, -0.05) is 24.3 Å². The molecule has 0 saturated heterocycles. The third-order valence-electron chi connectivity index (χ3n) is 3.95. The molecule has 7 heteroatoms. The van der Waals surface area contributed by atoms with Crippen LogP contribution in [0.25, 0.3) is 11.1 Å². The molecule has 3 aromatic rings. The number of nitrogens with one attached hydrogen (secondary N) is 1. The number of carboxylic acids is 1. The molecule has 7 nitrogen and oxygen atoms in total. The summed E-state index contributed by atoms with van der Waals surface area (Å²) in [4.78, 5) is 33.2. The number of anilines is 1. The fourth-order valence-electron chi connectivity index (χ4n) is 2.49. The molecule has 0 aliphatic heterocycles. The molecule has 134 valence electrons. The summed E-state index contributed by atoms with van der Waals surface area (Å²) < 4.78 is 0. The molecule has 0 saturated carbocycles. The maximum atomic E-state index is 12.2. The van der Waals surface area contributed by atoms with Crippen LogP contribution in [-0.2, 0) is 0 Å². The Kier molecular flexibility index (Phi) is 4.94. The predicted octanol–water partition coefficient (Wildman–Crippen LogP) is 4.21. The van der Waals surface area contributed by atoms with Crippen LogP contribution < -0.4 is 5.32 Å². The maximum absolute atomic E-state index is 12.2. The Labute approximate surface area is 154 Å². The second-order valence-electron chi connectivity index (χ2n) is 5.72. The minimum absolute atomic E-state index is 0.0789. The van der Waals surface area contributed by atoms with Crippen LogP contribution in [0.2, 0.25) is 0 Å². The number of carboxylic acid groups (broad SMARTS) is 1. The van der Waals surface area contributed by atoms with Crippen molar-refractivity contribution in [2.75, 3.05) is 5.32 Å². The SMILES string of the molecule is O=C(O)c1ccc(-c2ccc(NC(=O)c3ccc([N+](=O)[O-])cc3)cc2)cc1. The number of benzene rings is 3. The van der Waals surface area contributed by atoms with Gasteiger partial charge in [-0.3, -0.25) is 14.9 Å². The van der Waals surface area contributed by atoms with Gasteiger partial charge in [0.05, 0.1) is 10.5 Å². The minimum atomic E-state index is -0.981. The van der Waals surface area contributed by atoms with E-state index in [0.29, 0.717) is 11.3 Å². The number of aromatic carboxylic acids is 1. The van der Waals surface area contributed by atoms with E-state index in [1.54, 1.807) is 36.4 Å². The lowest BCUT2D eigenvalue weighted by atomic mass is 10.0. The summed E-state index contributed by atoms with van der Waals surface area (Å²) in [5.74, 6) is -1.35. The van der Waals surface area contributed by atoms with Crippen molar-refractivity contribution >= 4 is 23.3 Å². The quantitative estimate of drug-likeness (QED) is 0.522. The summed E-state index contributed by atoms with van der Waals surface area (Å²) in [6.45, 7) is 0. The number of nitro benzene ring substituents is 1. The summed E-state index contributed by atoms with van der Waals surface area (Å²) in [6.07, 6.45) is 0. The fourth-order valence-corrected chi connectivity index (χ4v) is 2.49. The van der Waals surface area contributed by atoms with E-state index < -0.39 is 10.9 Å². The van der Waals surface area contributed by atoms with E-state index in [9.17, 15) is 19.7 Å². The molecular formula is C20H14N2O5. The average Bonchev–Trinajstić information content (AvgIpc) is 2.68. The van der Waals surface area contributed by atoms with Crippen molar-refractivity contribution < 1.29 is 19.6 Å². The number of nitrogens with zero attached hydrogens (tertiary/aromatic N) is 1. The van der Waals surface area contributed by atoms with Gasteiger partial charge in [-0.25, -0.2) is 4.79 Å². The highest BCUT2D eigenvalue weighted by Crippen LogP contribution is 2.22. The second kappa shape index (κ2) is 7.49.